The van der Waals surface area contributed by atoms with Crippen LogP contribution in [0.25, 0.3) is 0 Å². The number of nitrogens with one attached hydrogen (secondary N) is 1. The molecule has 5 heteroatoms. The topological polar surface area (TPSA) is 46.2 Å². The maximum Gasteiger partial charge on any atom is 0.230 e. The van der Waals surface area contributed by atoms with Gasteiger partial charge in [-0.3, -0.25) is 14.9 Å². The van der Waals surface area contributed by atoms with Gasteiger partial charge >= 0.3 is 0 Å². The Morgan fingerprint density at radius 1 is 1.29 bits per heavy atom. The maximum absolute atomic E-state index is 13.6. The van der Waals surface area contributed by atoms with Crippen molar-refractivity contribution in [3.63, 3.8) is 0 Å². The summed E-state index contributed by atoms with van der Waals surface area (Å²) in [4.78, 5) is 22.7. The molecule has 3 nitrogen and oxygen atoms in total. The van der Waals surface area contributed by atoms with Gasteiger partial charge in [-0.15, -0.1) is 0 Å². The molecule has 1 saturated heterocycles. The van der Waals surface area contributed by atoms with Crippen molar-refractivity contribution in [1.29, 1.82) is 0 Å². The Kier molecular flexibility index (Phi) is 2.92. The molecule has 1 aromatic rings. The summed E-state index contributed by atoms with van der Waals surface area (Å²) in [6.07, 6.45) is -0.00667. The molecule has 2 amide bonds. The second kappa shape index (κ2) is 4.24. The minimum Gasteiger partial charge on any atom is -0.296 e. The largest absolute Gasteiger partial charge is 0.296 e. The van der Waals surface area contributed by atoms with Crippen LogP contribution >= 0.6 is 0 Å². The predicted molar refractivity (Wildman–Crippen MR) is 56.0 cm³/mol. The van der Waals surface area contributed by atoms with E-state index in [2.05, 4.69) is 5.32 Å². The van der Waals surface area contributed by atoms with E-state index in [9.17, 15) is 18.4 Å². The number of hydrogen-bond donors (Lipinski definition) is 1. The third kappa shape index (κ3) is 2.05. The van der Waals surface area contributed by atoms with Gasteiger partial charge in [0.25, 0.3) is 0 Å². The molecule has 2 atom stereocenters. The molecule has 1 aliphatic heterocycles. The van der Waals surface area contributed by atoms with Gasteiger partial charge in [0.05, 0.1) is 0 Å². The van der Waals surface area contributed by atoms with Crippen LogP contribution in [0.1, 0.15) is 24.8 Å². The van der Waals surface area contributed by atoms with Crippen molar-refractivity contribution in [2.45, 2.75) is 19.3 Å². The zero-order valence-electron chi connectivity index (χ0n) is 9.17. The Morgan fingerprint density at radius 3 is 2.71 bits per heavy atom. The predicted octanol–water partition coefficient (Wildman–Crippen LogP) is 1.73. The average Bonchev–Trinajstić information content (AvgIpc) is 2.27. The lowest BCUT2D eigenvalue weighted by molar-refractivity contribution is -0.136. The summed E-state index contributed by atoms with van der Waals surface area (Å²) >= 11 is 0. The molecule has 1 N–H and O–H groups in total. The zero-order valence-corrected chi connectivity index (χ0v) is 9.17. The van der Waals surface area contributed by atoms with Gasteiger partial charge in [0.1, 0.15) is 0 Å². The smallest absolute Gasteiger partial charge is 0.230 e. The summed E-state index contributed by atoms with van der Waals surface area (Å²) in [7, 11) is 0. The van der Waals surface area contributed by atoms with Crippen LogP contribution < -0.4 is 5.32 Å². The standard InChI is InChI=1S/C12H11F2NO2/c1-6-8(5-10(16)15-12(6)17)7-3-2-4-9(13)11(7)14/h2-4,6,8H,5H2,1H3,(H,15,16,17). The number of rotatable bonds is 1. The van der Waals surface area contributed by atoms with E-state index < -0.39 is 35.3 Å². The van der Waals surface area contributed by atoms with Crippen LogP contribution in [0.15, 0.2) is 18.2 Å². The molecule has 1 fully saturated rings. The van der Waals surface area contributed by atoms with Crippen LogP contribution in [-0.2, 0) is 9.59 Å². The highest BCUT2D eigenvalue weighted by molar-refractivity contribution is 5.99. The first-order valence-electron chi connectivity index (χ1n) is 5.28. The molecular formula is C12H11F2NO2. The van der Waals surface area contributed by atoms with Crippen LogP contribution in [0.5, 0.6) is 0 Å². The molecule has 0 aliphatic carbocycles. The third-order valence-electron chi connectivity index (χ3n) is 3.07. The van der Waals surface area contributed by atoms with Gasteiger partial charge < -0.3 is 0 Å². The summed E-state index contributed by atoms with van der Waals surface area (Å²) in [5.74, 6) is -4.01. The lowest BCUT2D eigenvalue weighted by Gasteiger charge is -2.27. The fraction of sp³-hybridized carbons (Fsp3) is 0.333. The van der Waals surface area contributed by atoms with Gasteiger partial charge in [-0.2, -0.15) is 0 Å². The highest BCUT2D eigenvalue weighted by Crippen LogP contribution is 2.33. The summed E-state index contributed by atoms with van der Waals surface area (Å²) in [6, 6.07) is 3.79. The second-order valence-corrected chi connectivity index (χ2v) is 4.15. The third-order valence-corrected chi connectivity index (χ3v) is 3.07. The van der Waals surface area contributed by atoms with E-state index in [4.69, 9.17) is 0 Å². The molecule has 90 valence electrons. The van der Waals surface area contributed by atoms with Crippen molar-refractivity contribution < 1.29 is 18.4 Å². The Morgan fingerprint density at radius 2 is 2.00 bits per heavy atom. The van der Waals surface area contributed by atoms with E-state index in [0.717, 1.165) is 6.07 Å². The molecule has 1 aromatic carbocycles. The number of benzene rings is 1. The number of piperidine rings is 1. The second-order valence-electron chi connectivity index (χ2n) is 4.15. The van der Waals surface area contributed by atoms with Gasteiger partial charge in [-0.25, -0.2) is 8.78 Å². The fourth-order valence-corrected chi connectivity index (χ4v) is 2.05. The van der Waals surface area contributed by atoms with Gasteiger partial charge in [0.2, 0.25) is 11.8 Å². The summed E-state index contributed by atoms with van der Waals surface area (Å²) in [5, 5.41) is 2.17. The van der Waals surface area contributed by atoms with E-state index in [1.807, 2.05) is 0 Å². The quantitative estimate of drug-likeness (QED) is 0.758. The van der Waals surface area contributed by atoms with Crippen LogP contribution in [-0.4, -0.2) is 11.8 Å². The summed E-state index contributed by atoms with van der Waals surface area (Å²) in [5.41, 5.74) is 0.0840. The molecule has 1 heterocycles. The Hall–Kier alpha value is -1.78. The van der Waals surface area contributed by atoms with Crippen molar-refractivity contribution in [2.75, 3.05) is 0 Å². The Balaban J connectivity index is 2.41. The van der Waals surface area contributed by atoms with Gasteiger partial charge in [-0.05, 0) is 11.6 Å². The SMILES string of the molecule is CC1C(=O)NC(=O)CC1c1cccc(F)c1F. The van der Waals surface area contributed by atoms with Gasteiger partial charge in [0.15, 0.2) is 11.6 Å². The minimum absolute atomic E-state index is 0.00667. The lowest BCUT2D eigenvalue weighted by Crippen LogP contribution is -2.43. The first kappa shape index (κ1) is 11.7. The zero-order chi connectivity index (χ0) is 12.6. The number of carbonyl (C=O) groups is 2. The van der Waals surface area contributed by atoms with Gasteiger partial charge in [-0.1, -0.05) is 19.1 Å². The molecule has 2 unspecified atom stereocenters. The van der Waals surface area contributed by atoms with E-state index in [1.54, 1.807) is 6.92 Å². The van der Waals surface area contributed by atoms with Crippen molar-refractivity contribution in [2.24, 2.45) is 5.92 Å². The molecule has 0 saturated carbocycles. The highest BCUT2D eigenvalue weighted by Gasteiger charge is 2.35. The normalized spacial score (nSPS) is 24.6. The summed E-state index contributed by atoms with van der Waals surface area (Å²) < 4.78 is 26.7. The number of hydrogen-bond acceptors (Lipinski definition) is 2. The maximum atomic E-state index is 13.6. The minimum atomic E-state index is -0.980. The molecular weight excluding hydrogens is 228 g/mol. The number of amides is 2. The van der Waals surface area contributed by atoms with Crippen LogP contribution in [0.3, 0.4) is 0 Å². The highest BCUT2D eigenvalue weighted by atomic mass is 19.2. The number of halogens is 2. The van der Waals surface area contributed by atoms with Crippen molar-refractivity contribution in [3.8, 4) is 0 Å². The van der Waals surface area contributed by atoms with Crippen LogP contribution in [0.2, 0.25) is 0 Å². The number of carbonyl (C=O) groups excluding carboxylic acids is 2. The van der Waals surface area contributed by atoms with Crippen molar-refractivity contribution in [3.05, 3.63) is 35.4 Å². The molecule has 0 radical (unpaired) electrons. The van der Waals surface area contributed by atoms with Gasteiger partial charge in [0, 0.05) is 18.3 Å². The van der Waals surface area contributed by atoms with E-state index in [1.165, 1.54) is 12.1 Å². The molecule has 2 rings (SSSR count). The molecule has 0 spiro atoms. The van der Waals surface area contributed by atoms with E-state index in [0.29, 0.717) is 0 Å². The lowest BCUT2D eigenvalue weighted by atomic mass is 9.81. The Labute approximate surface area is 96.8 Å². The number of imide groups is 1. The monoisotopic (exact) mass is 239 g/mol. The first-order valence-corrected chi connectivity index (χ1v) is 5.28. The summed E-state index contributed by atoms with van der Waals surface area (Å²) in [6.45, 7) is 1.59. The van der Waals surface area contributed by atoms with E-state index in [-0.39, 0.29) is 12.0 Å². The van der Waals surface area contributed by atoms with Crippen molar-refractivity contribution >= 4 is 11.8 Å². The average molecular weight is 239 g/mol. The van der Waals surface area contributed by atoms with Crippen molar-refractivity contribution in [1.82, 2.24) is 5.32 Å². The molecule has 17 heavy (non-hydrogen) atoms. The van der Waals surface area contributed by atoms with Crippen LogP contribution in [0, 0.1) is 17.6 Å². The fourth-order valence-electron chi connectivity index (χ4n) is 2.05. The Bertz CT molecular complexity index is 487. The van der Waals surface area contributed by atoms with E-state index >= 15 is 0 Å². The molecule has 1 aliphatic rings. The molecule has 0 bridgehead atoms. The van der Waals surface area contributed by atoms with Crippen LogP contribution in [0.4, 0.5) is 8.78 Å². The molecule has 0 aromatic heterocycles. The first-order chi connectivity index (χ1) is 8.00.